The van der Waals surface area contributed by atoms with Gasteiger partial charge in [-0.15, -0.1) is 0 Å². The predicted octanol–water partition coefficient (Wildman–Crippen LogP) is 2.27. The summed E-state index contributed by atoms with van der Waals surface area (Å²) in [6.45, 7) is 0.151. The number of H-pyrrole nitrogens is 1. The van der Waals surface area contributed by atoms with Gasteiger partial charge in [-0.05, 0) is 24.1 Å². The van der Waals surface area contributed by atoms with Crippen LogP contribution in [0.5, 0.6) is 0 Å². The van der Waals surface area contributed by atoms with Gasteiger partial charge in [0.1, 0.15) is 5.69 Å². The molecule has 0 bridgehead atoms. The first-order valence-electron chi connectivity index (χ1n) is 6.04. The SMILES string of the molecule is OCCc1ccc(-c2noc(-c3ccc[nH]3)n2)cc1. The molecule has 96 valence electrons. The molecule has 0 saturated heterocycles. The van der Waals surface area contributed by atoms with Crippen molar-refractivity contribution in [1.82, 2.24) is 15.1 Å². The van der Waals surface area contributed by atoms with Crippen LogP contribution in [0.1, 0.15) is 5.56 Å². The molecule has 2 N–H and O–H groups in total. The van der Waals surface area contributed by atoms with Gasteiger partial charge in [-0.3, -0.25) is 0 Å². The second-order valence-corrected chi connectivity index (χ2v) is 4.18. The Balaban J connectivity index is 1.86. The molecular weight excluding hydrogens is 242 g/mol. The number of nitrogens with one attached hydrogen (secondary N) is 1. The van der Waals surface area contributed by atoms with Gasteiger partial charge < -0.3 is 14.6 Å². The van der Waals surface area contributed by atoms with Crippen LogP contribution < -0.4 is 0 Å². The number of aliphatic hydroxyl groups is 1. The van der Waals surface area contributed by atoms with Crippen molar-refractivity contribution >= 4 is 0 Å². The molecule has 0 radical (unpaired) electrons. The molecular formula is C14H13N3O2. The summed E-state index contributed by atoms with van der Waals surface area (Å²) in [5.41, 5.74) is 2.78. The minimum atomic E-state index is 0.151. The summed E-state index contributed by atoms with van der Waals surface area (Å²) >= 11 is 0. The van der Waals surface area contributed by atoms with E-state index in [1.165, 1.54) is 0 Å². The highest BCUT2D eigenvalue weighted by atomic mass is 16.5. The topological polar surface area (TPSA) is 74.9 Å². The first kappa shape index (κ1) is 11.7. The highest BCUT2D eigenvalue weighted by Crippen LogP contribution is 2.21. The Kier molecular flexibility index (Phi) is 3.12. The first-order chi connectivity index (χ1) is 9.36. The minimum absolute atomic E-state index is 0.151. The van der Waals surface area contributed by atoms with E-state index in [1.54, 1.807) is 0 Å². The number of aromatic nitrogens is 3. The van der Waals surface area contributed by atoms with Crippen LogP contribution in [0.4, 0.5) is 0 Å². The Labute approximate surface area is 109 Å². The summed E-state index contributed by atoms with van der Waals surface area (Å²) in [6.07, 6.45) is 2.46. The van der Waals surface area contributed by atoms with E-state index >= 15 is 0 Å². The quantitative estimate of drug-likeness (QED) is 0.750. The highest BCUT2D eigenvalue weighted by molar-refractivity contribution is 5.58. The summed E-state index contributed by atoms with van der Waals surface area (Å²) in [5, 5.41) is 12.8. The fourth-order valence-electron chi connectivity index (χ4n) is 1.86. The molecule has 5 nitrogen and oxygen atoms in total. The van der Waals surface area contributed by atoms with Crippen LogP contribution in [0, 0.1) is 0 Å². The van der Waals surface area contributed by atoms with Crippen LogP contribution in [-0.2, 0) is 6.42 Å². The van der Waals surface area contributed by atoms with Gasteiger partial charge in [0, 0.05) is 18.4 Å². The second kappa shape index (κ2) is 5.07. The highest BCUT2D eigenvalue weighted by Gasteiger charge is 2.10. The third-order valence-electron chi connectivity index (χ3n) is 2.87. The van der Waals surface area contributed by atoms with E-state index in [0.29, 0.717) is 18.1 Å². The largest absolute Gasteiger partial charge is 0.396 e. The molecule has 3 rings (SSSR count). The monoisotopic (exact) mass is 255 g/mol. The van der Waals surface area contributed by atoms with Gasteiger partial charge in [0.2, 0.25) is 5.82 Å². The Hall–Kier alpha value is -2.40. The molecule has 0 aliphatic heterocycles. The first-order valence-corrected chi connectivity index (χ1v) is 6.04. The molecule has 5 heteroatoms. The summed E-state index contributed by atoms with van der Waals surface area (Å²) in [5.74, 6) is 1.03. The van der Waals surface area contributed by atoms with Crippen LogP contribution in [0.2, 0.25) is 0 Å². The summed E-state index contributed by atoms with van der Waals surface area (Å²) < 4.78 is 5.21. The Morgan fingerprint density at radius 2 is 2.00 bits per heavy atom. The number of nitrogens with zero attached hydrogens (tertiary/aromatic N) is 2. The number of rotatable bonds is 4. The lowest BCUT2D eigenvalue weighted by Gasteiger charge is -1.98. The third-order valence-corrected chi connectivity index (χ3v) is 2.87. The normalized spacial score (nSPS) is 10.8. The molecule has 0 saturated carbocycles. The molecule has 19 heavy (non-hydrogen) atoms. The zero-order valence-electron chi connectivity index (χ0n) is 10.2. The van der Waals surface area contributed by atoms with Crippen molar-refractivity contribution in [1.29, 1.82) is 0 Å². The van der Waals surface area contributed by atoms with Crippen LogP contribution in [0.3, 0.4) is 0 Å². The van der Waals surface area contributed by atoms with Gasteiger partial charge in [0.25, 0.3) is 5.89 Å². The van der Waals surface area contributed by atoms with Gasteiger partial charge in [-0.25, -0.2) is 0 Å². The standard InChI is InChI=1S/C14H13N3O2/c18-9-7-10-3-5-11(6-4-10)13-16-14(19-17-13)12-2-1-8-15-12/h1-6,8,15,18H,7,9H2. The number of benzene rings is 1. The van der Waals surface area contributed by atoms with Crippen molar-refractivity contribution in [2.24, 2.45) is 0 Å². The van der Waals surface area contributed by atoms with Gasteiger partial charge in [0.05, 0.1) is 0 Å². The molecule has 2 heterocycles. The maximum absolute atomic E-state index is 8.87. The Bertz CT molecular complexity index is 642. The van der Waals surface area contributed by atoms with E-state index in [2.05, 4.69) is 15.1 Å². The number of aliphatic hydroxyl groups excluding tert-OH is 1. The van der Waals surface area contributed by atoms with E-state index in [4.69, 9.17) is 9.63 Å². The number of aromatic amines is 1. The Morgan fingerprint density at radius 1 is 1.16 bits per heavy atom. The van der Waals surface area contributed by atoms with Gasteiger partial charge >= 0.3 is 0 Å². The maximum Gasteiger partial charge on any atom is 0.274 e. The molecule has 2 aromatic heterocycles. The van der Waals surface area contributed by atoms with Gasteiger partial charge in [-0.1, -0.05) is 29.4 Å². The number of hydrogen-bond donors (Lipinski definition) is 2. The molecule has 0 atom stereocenters. The lowest BCUT2D eigenvalue weighted by Crippen LogP contribution is -1.90. The molecule has 3 aromatic rings. The average Bonchev–Trinajstić information content (AvgIpc) is 3.11. The minimum Gasteiger partial charge on any atom is -0.396 e. The number of hydrogen-bond acceptors (Lipinski definition) is 4. The van der Waals surface area contributed by atoms with Crippen molar-refractivity contribution in [2.75, 3.05) is 6.61 Å². The summed E-state index contributed by atoms with van der Waals surface area (Å²) in [7, 11) is 0. The molecule has 0 spiro atoms. The molecule has 0 amide bonds. The average molecular weight is 255 g/mol. The maximum atomic E-state index is 8.87. The van der Waals surface area contributed by atoms with E-state index < -0.39 is 0 Å². The molecule has 0 unspecified atom stereocenters. The summed E-state index contributed by atoms with van der Waals surface area (Å²) in [6, 6.07) is 11.5. The smallest absolute Gasteiger partial charge is 0.274 e. The Morgan fingerprint density at radius 3 is 2.68 bits per heavy atom. The van der Waals surface area contributed by atoms with Gasteiger partial charge in [0.15, 0.2) is 0 Å². The van der Waals surface area contributed by atoms with Crippen molar-refractivity contribution in [3.8, 4) is 23.0 Å². The van der Waals surface area contributed by atoms with Crippen molar-refractivity contribution in [3.63, 3.8) is 0 Å². The van der Waals surface area contributed by atoms with E-state index in [9.17, 15) is 0 Å². The van der Waals surface area contributed by atoms with Crippen molar-refractivity contribution in [2.45, 2.75) is 6.42 Å². The fraction of sp³-hybridized carbons (Fsp3) is 0.143. The van der Waals surface area contributed by atoms with Crippen molar-refractivity contribution in [3.05, 3.63) is 48.2 Å². The lowest BCUT2D eigenvalue weighted by molar-refractivity contribution is 0.299. The zero-order valence-corrected chi connectivity index (χ0v) is 10.2. The van der Waals surface area contributed by atoms with Crippen LogP contribution in [-0.4, -0.2) is 26.8 Å². The molecule has 1 aromatic carbocycles. The van der Waals surface area contributed by atoms with E-state index in [1.807, 2.05) is 42.6 Å². The molecule has 0 aliphatic rings. The van der Waals surface area contributed by atoms with Crippen LogP contribution in [0.25, 0.3) is 23.0 Å². The zero-order chi connectivity index (χ0) is 13.1. The molecule has 0 aliphatic carbocycles. The van der Waals surface area contributed by atoms with E-state index in [-0.39, 0.29) is 6.61 Å². The van der Waals surface area contributed by atoms with Gasteiger partial charge in [-0.2, -0.15) is 4.98 Å². The fourth-order valence-corrected chi connectivity index (χ4v) is 1.86. The lowest BCUT2D eigenvalue weighted by atomic mass is 10.1. The molecule has 0 fully saturated rings. The predicted molar refractivity (Wildman–Crippen MR) is 70.3 cm³/mol. The third kappa shape index (κ3) is 2.41. The second-order valence-electron chi connectivity index (χ2n) is 4.18. The van der Waals surface area contributed by atoms with Crippen LogP contribution >= 0.6 is 0 Å². The summed E-state index contributed by atoms with van der Waals surface area (Å²) in [4.78, 5) is 7.36. The van der Waals surface area contributed by atoms with Crippen LogP contribution in [0.15, 0.2) is 47.1 Å². The van der Waals surface area contributed by atoms with Crippen molar-refractivity contribution < 1.29 is 9.63 Å². The van der Waals surface area contributed by atoms with E-state index in [0.717, 1.165) is 16.8 Å².